The second-order valence-corrected chi connectivity index (χ2v) is 14.3. The molecule has 11 rings (SSSR count). The zero-order valence-corrected chi connectivity index (χ0v) is 30.8. The van der Waals surface area contributed by atoms with Crippen molar-refractivity contribution in [3.8, 4) is 45.3 Å². The third-order valence-electron chi connectivity index (χ3n) is 10.8. The van der Waals surface area contributed by atoms with Gasteiger partial charge < -0.3 is 13.7 Å². The summed E-state index contributed by atoms with van der Waals surface area (Å²) in [6, 6.07) is 58.4. The maximum atomic E-state index is 6.85. The van der Waals surface area contributed by atoms with Crippen molar-refractivity contribution in [1.29, 1.82) is 0 Å². The topological polar surface area (TPSA) is 68.2 Å². The summed E-state index contributed by atoms with van der Waals surface area (Å²) < 4.78 is 13.2. The van der Waals surface area contributed by atoms with Gasteiger partial charge in [0.15, 0.2) is 17.5 Å². The van der Waals surface area contributed by atoms with Gasteiger partial charge in [-0.25, -0.2) is 15.0 Å². The molecule has 57 heavy (non-hydrogen) atoms. The van der Waals surface area contributed by atoms with E-state index in [1.165, 1.54) is 11.1 Å². The molecule has 0 spiro atoms. The van der Waals surface area contributed by atoms with Crippen molar-refractivity contribution < 1.29 is 8.83 Å². The first-order valence-corrected chi connectivity index (χ1v) is 19.2. The number of hydrogen-bond donors (Lipinski definition) is 0. The molecule has 6 heteroatoms. The van der Waals surface area contributed by atoms with Crippen molar-refractivity contribution in [3.05, 3.63) is 187 Å². The predicted octanol–water partition coefficient (Wildman–Crippen LogP) is 13.6. The van der Waals surface area contributed by atoms with E-state index in [4.69, 9.17) is 23.8 Å². The molecule has 0 radical (unpaired) electrons. The van der Waals surface area contributed by atoms with Crippen LogP contribution >= 0.6 is 0 Å². The Morgan fingerprint density at radius 2 is 1.09 bits per heavy atom. The minimum Gasteiger partial charge on any atom is -0.456 e. The summed E-state index contributed by atoms with van der Waals surface area (Å²) in [4.78, 5) is 17.9. The largest absolute Gasteiger partial charge is 0.456 e. The van der Waals surface area contributed by atoms with Crippen LogP contribution in [-0.2, 0) is 6.42 Å². The normalized spacial score (nSPS) is 12.4. The van der Waals surface area contributed by atoms with Crippen molar-refractivity contribution in [2.75, 3.05) is 4.90 Å². The van der Waals surface area contributed by atoms with Crippen LogP contribution in [0.4, 0.5) is 17.1 Å². The number of allylic oxidation sites excluding steroid dienone is 1. The zero-order valence-electron chi connectivity index (χ0n) is 30.8. The lowest BCUT2D eigenvalue weighted by molar-refractivity contribution is 0.595. The minimum absolute atomic E-state index is 0.530. The molecule has 1 aliphatic carbocycles. The minimum atomic E-state index is 0.530. The highest BCUT2D eigenvalue weighted by atomic mass is 16.3. The molecule has 7 aromatic carbocycles. The number of hydrogen-bond acceptors (Lipinski definition) is 6. The average Bonchev–Trinajstić information content (AvgIpc) is 3.87. The molecule has 0 saturated heterocycles. The molecule has 0 N–H and O–H groups in total. The Labute approximate surface area is 329 Å². The summed E-state index contributed by atoms with van der Waals surface area (Å²) in [5.74, 6) is 2.60. The van der Waals surface area contributed by atoms with Crippen molar-refractivity contribution >= 4 is 56.0 Å². The molecule has 270 valence electrons. The highest BCUT2D eigenvalue weighted by Gasteiger charge is 2.25. The number of benzene rings is 7. The number of aryl methyl sites for hydroxylation is 1. The van der Waals surface area contributed by atoms with Crippen molar-refractivity contribution in [3.63, 3.8) is 0 Å². The van der Waals surface area contributed by atoms with Gasteiger partial charge in [-0.1, -0.05) is 127 Å². The number of anilines is 3. The highest BCUT2D eigenvalue weighted by molar-refractivity contribution is 6.17. The molecule has 6 nitrogen and oxygen atoms in total. The van der Waals surface area contributed by atoms with Gasteiger partial charge in [-0.2, -0.15) is 0 Å². The van der Waals surface area contributed by atoms with E-state index in [9.17, 15) is 0 Å². The fourth-order valence-electron chi connectivity index (χ4n) is 8.16. The molecule has 0 unspecified atom stereocenters. The highest BCUT2D eigenvalue weighted by Crippen LogP contribution is 2.46. The number of furan rings is 2. The van der Waals surface area contributed by atoms with Gasteiger partial charge in [0.1, 0.15) is 22.5 Å². The molecule has 0 saturated carbocycles. The van der Waals surface area contributed by atoms with Gasteiger partial charge in [0.05, 0.1) is 16.6 Å². The van der Waals surface area contributed by atoms with Crippen molar-refractivity contribution in [2.45, 2.75) is 12.8 Å². The number of aromatic nitrogens is 3. The van der Waals surface area contributed by atoms with Crippen LogP contribution in [-0.4, -0.2) is 15.0 Å². The Morgan fingerprint density at radius 1 is 0.456 bits per heavy atom. The van der Waals surface area contributed by atoms with Crippen LogP contribution in [0.3, 0.4) is 0 Å². The number of nitrogens with zero attached hydrogens (tertiary/aromatic N) is 4. The molecular weight excluding hydrogens is 701 g/mol. The maximum absolute atomic E-state index is 6.85. The first kappa shape index (κ1) is 32.8. The Kier molecular flexibility index (Phi) is 7.84. The van der Waals surface area contributed by atoms with E-state index in [-0.39, 0.29) is 0 Å². The fraction of sp³-hybridized carbons (Fsp3) is 0.0392. The van der Waals surface area contributed by atoms with E-state index in [1.54, 1.807) is 0 Å². The van der Waals surface area contributed by atoms with E-state index >= 15 is 0 Å². The second kappa shape index (κ2) is 13.6. The summed E-state index contributed by atoms with van der Waals surface area (Å²) in [5.41, 5.74) is 11.5. The number of rotatable bonds is 7. The summed E-state index contributed by atoms with van der Waals surface area (Å²) in [6.45, 7) is 0. The van der Waals surface area contributed by atoms with Gasteiger partial charge >= 0.3 is 0 Å². The molecule has 0 aliphatic heterocycles. The monoisotopic (exact) mass is 734 g/mol. The third kappa shape index (κ3) is 5.69. The van der Waals surface area contributed by atoms with E-state index in [0.29, 0.717) is 23.1 Å². The zero-order chi connectivity index (χ0) is 37.7. The van der Waals surface area contributed by atoms with E-state index < -0.39 is 0 Å². The van der Waals surface area contributed by atoms with Crippen LogP contribution in [0.25, 0.3) is 84.3 Å². The van der Waals surface area contributed by atoms with Crippen LogP contribution < -0.4 is 4.90 Å². The Bertz CT molecular complexity index is 3110. The van der Waals surface area contributed by atoms with Crippen molar-refractivity contribution in [1.82, 2.24) is 15.0 Å². The standard InChI is InChI=1S/C51H34N4O2/c1-4-15-33(16-5-1)34-27-29-37(30-28-34)55(36-19-8-3-9-20-36)42-32-31-41(48-47(42)39-22-11-13-25-44(39)57-48)51-53-49(35-17-6-2-7-18-35)52-50(54-51)40-23-14-26-45-46(40)38-21-10-12-24-43(38)56-45/h1-9,11-20,22-32H,10,21H2. The molecule has 1 aliphatic rings. The fourth-order valence-corrected chi connectivity index (χ4v) is 8.16. The van der Waals surface area contributed by atoms with Gasteiger partial charge in [0, 0.05) is 38.8 Å². The van der Waals surface area contributed by atoms with Crippen molar-refractivity contribution in [2.24, 2.45) is 0 Å². The Balaban J connectivity index is 1.14. The smallest absolute Gasteiger partial charge is 0.167 e. The van der Waals surface area contributed by atoms with Gasteiger partial charge in [-0.3, -0.25) is 0 Å². The lowest BCUT2D eigenvalue weighted by Gasteiger charge is -2.26. The second-order valence-electron chi connectivity index (χ2n) is 14.3. The lowest BCUT2D eigenvalue weighted by Crippen LogP contribution is -2.10. The molecule has 3 heterocycles. The quantitative estimate of drug-likeness (QED) is 0.162. The maximum Gasteiger partial charge on any atom is 0.167 e. The van der Waals surface area contributed by atoms with Crippen LogP contribution in [0.5, 0.6) is 0 Å². The van der Waals surface area contributed by atoms with E-state index in [2.05, 4.69) is 120 Å². The lowest BCUT2D eigenvalue weighted by atomic mass is 9.97. The van der Waals surface area contributed by atoms with Crippen LogP contribution in [0.15, 0.2) is 185 Å². The first-order valence-electron chi connectivity index (χ1n) is 19.2. The van der Waals surface area contributed by atoms with Gasteiger partial charge in [-0.05, 0) is 78.6 Å². The van der Waals surface area contributed by atoms with Gasteiger partial charge in [0.2, 0.25) is 0 Å². The Hall–Kier alpha value is -7.57. The molecular formula is C51H34N4O2. The third-order valence-corrected chi connectivity index (χ3v) is 10.8. The number of para-hydroxylation sites is 2. The summed E-state index contributed by atoms with van der Waals surface area (Å²) >= 11 is 0. The molecule has 0 fully saturated rings. The SMILES string of the molecule is C1=Cc2oc3cccc(-c4nc(-c5ccccc5)nc(-c5ccc(N(c6ccccc6)c6ccc(-c7ccccc7)cc6)c6c5oc5ccccc56)n4)c3c2CC1. The predicted molar refractivity (Wildman–Crippen MR) is 231 cm³/mol. The van der Waals surface area contributed by atoms with Gasteiger partial charge in [0.25, 0.3) is 0 Å². The summed E-state index contributed by atoms with van der Waals surface area (Å²) in [6.07, 6.45) is 6.10. The first-order chi connectivity index (χ1) is 28.3. The number of fused-ring (bicyclic) bond motifs is 6. The van der Waals surface area contributed by atoms with E-state index in [1.807, 2.05) is 66.7 Å². The van der Waals surface area contributed by atoms with Crippen LogP contribution in [0.1, 0.15) is 17.7 Å². The molecule has 10 aromatic rings. The summed E-state index contributed by atoms with van der Waals surface area (Å²) in [7, 11) is 0. The molecule has 0 atom stereocenters. The summed E-state index contributed by atoms with van der Waals surface area (Å²) in [5, 5.41) is 3.03. The Morgan fingerprint density at radius 3 is 1.88 bits per heavy atom. The van der Waals surface area contributed by atoms with E-state index in [0.717, 1.165) is 85.2 Å². The van der Waals surface area contributed by atoms with Crippen LogP contribution in [0, 0.1) is 0 Å². The average molecular weight is 735 g/mol. The van der Waals surface area contributed by atoms with Gasteiger partial charge in [-0.15, -0.1) is 0 Å². The molecule has 0 bridgehead atoms. The van der Waals surface area contributed by atoms with Crippen LogP contribution in [0.2, 0.25) is 0 Å². The molecule has 0 amide bonds. The molecule has 3 aromatic heterocycles.